The minimum absolute atomic E-state index is 0.729. The van der Waals surface area contributed by atoms with Crippen molar-refractivity contribution in [3.05, 3.63) is 42.0 Å². The molecule has 0 spiro atoms. The Labute approximate surface area is 184 Å². The molecule has 0 radical (unpaired) electrons. The molecular formula is C29H42O. The van der Waals surface area contributed by atoms with E-state index in [1.54, 1.807) is 5.56 Å². The maximum Gasteiger partial charge on any atom is 0.119 e. The number of hydrogen-bond donors (Lipinski definition) is 0. The lowest BCUT2D eigenvalue weighted by Gasteiger charge is -2.32. The van der Waals surface area contributed by atoms with Gasteiger partial charge in [0.1, 0.15) is 5.75 Å². The van der Waals surface area contributed by atoms with Crippen LogP contribution in [0.25, 0.3) is 10.8 Å². The van der Waals surface area contributed by atoms with Crippen LogP contribution >= 0.6 is 0 Å². The van der Waals surface area contributed by atoms with Crippen molar-refractivity contribution in [2.24, 2.45) is 17.8 Å². The monoisotopic (exact) mass is 406 g/mol. The van der Waals surface area contributed by atoms with Crippen LogP contribution in [0.15, 0.2) is 36.4 Å². The molecule has 2 aromatic carbocycles. The lowest BCUT2D eigenvalue weighted by molar-refractivity contribution is 0.224. The zero-order chi connectivity index (χ0) is 20.8. The Kier molecular flexibility index (Phi) is 7.74. The first-order valence-electron chi connectivity index (χ1n) is 12.9. The number of benzene rings is 2. The van der Waals surface area contributed by atoms with Crippen LogP contribution in [0, 0.1) is 17.8 Å². The highest BCUT2D eigenvalue weighted by molar-refractivity contribution is 5.84. The van der Waals surface area contributed by atoms with Crippen molar-refractivity contribution in [1.82, 2.24) is 0 Å². The SMILES string of the molecule is CCCC1CCC(CCC2CCC(c3ccc4cc(OCC)ccc4c3)CC2)CC1. The van der Waals surface area contributed by atoms with E-state index in [2.05, 4.69) is 43.3 Å². The van der Waals surface area contributed by atoms with Crippen LogP contribution in [-0.4, -0.2) is 6.61 Å². The Hall–Kier alpha value is -1.50. The second-order valence-corrected chi connectivity index (χ2v) is 10.2. The molecule has 0 amide bonds. The molecule has 1 heteroatoms. The van der Waals surface area contributed by atoms with Gasteiger partial charge in [-0.15, -0.1) is 0 Å². The molecule has 0 N–H and O–H groups in total. The van der Waals surface area contributed by atoms with Crippen LogP contribution in [0.3, 0.4) is 0 Å². The van der Waals surface area contributed by atoms with Gasteiger partial charge in [0, 0.05) is 0 Å². The highest BCUT2D eigenvalue weighted by Crippen LogP contribution is 2.40. The summed E-state index contributed by atoms with van der Waals surface area (Å²) in [6.07, 6.45) is 17.6. The molecule has 0 bridgehead atoms. The normalized spacial score (nSPS) is 27.3. The molecule has 164 valence electrons. The van der Waals surface area contributed by atoms with Crippen molar-refractivity contribution in [1.29, 1.82) is 0 Å². The van der Waals surface area contributed by atoms with E-state index in [1.807, 2.05) is 6.92 Å². The van der Waals surface area contributed by atoms with Crippen molar-refractivity contribution in [2.45, 2.75) is 96.8 Å². The maximum absolute atomic E-state index is 5.66. The Morgan fingerprint density at radius 2 is 1.23 bits per heavy atom. The fourth-order valence-corrected chi connectivity index (χ4v) is 6.23. The van der Waals surface area contributed by atoms with Crippen LogP contribution in [-0.2, 0) is 0 Å². The Balaban J connectivity index is 1.24. The summed E-state index contributed by atoms with van der Waals surface area (Å²) in [4.78, 5) is 0. The van der Waals surface area contributed by atoms with Gasteiger partial charge < -0.3 is 4.74 Å². The molecule has 0 heterocycles. The molecule has 2 saturated carbocycles. The standard InChI is InChI=1S/C29H42O/c1-3-5-22-6-8-23(9-7-22)10-11-24-12-14-25(15-13-24)26-16-17-28-21-29(30-4-2)19-18-27(28)20-26/h16-25H,3-15H2,1-2H3. The van der Waals surface area contributed by atoms with Gasteiger partial charge in [-0.25, -0.2) is 0 Å². The fourth-order valence-electron chi connectivity index (χ4n) is 6.23. The molecule has 30 heavy (non-hydrogen) atoms. The summed E-state index contributed by atoms with van der Waals surface area (Å²) in [5, 5.41) is 2.66. The quantitative estimate of drug-likeness (QED) is 0.425. The lowest BCUT2D eigenvalue weighted by Crippen LogP contribution is -2.17. The summed E-state index contributed by atoms with van der Waals surface area (Å²) in [6.45, 7) is 5.12. The second-order valence-electron chi connectivity index (χ2n) is 10.2. The molecule has 1 nitrogen and oxygen atoms in total. The summed E-state index contributed by atoms with van der Waals surface area (Å²) in [7, 11) is 0. The van der Waals surface area contributed by atoms with Crippen molar-refractivity contribution >= 4 is 10.8 Å². The zero-order valence-electron chi connectivity index (χ0n) is 19.4. The molecule has 2 aliphatic carbocycles. The summed E-state index contributed by atoms with van der Waals surface area (Å²) in [5.74, 6) is 4.83. The van der Waals surface area contributed by atoms with E-state index in [1.165, 1.54) is 87.8 Å². The van der Waals surface area contributed by atoms with Gasteiger partial charge in [0.2, 0.25) is 0 Å². The highest BCUT2D eigenvalue weighted by atomic mass is 16.5. The van der Waals surface area contributed by atoms with Gasteiger partial charge in [0.15, 0.2) is 0 Å². The van der Waals surface area contributed by atoms with Gasteiger partial charge in [0.05, 0.1) is 6.61 Å². The third-order valence-electron chi connectivity index (χ3n) is 8.11. The molecule has 2 aromatic rings. The smallest absolute Gasteiger partial charge is 0.119 e. The van der Waals surface area contributed by atoms with E-state index >= 15 is 0 Å². The predicted octanol–water partition coefficient (Wildman–Crippen LogP) is 8.90. The molecule has 2 aliphatic rings. The number of hydrogen-bond acceptors (Lipinski definition) is 1. The second kappa shape index (κ2) is 10.7. The molecule has 0 unspecified atom stereocenters. The van der Waals surface area contributed by atoms with Crippen LogP contribution < -0.4 is 4.74 Å². The molecule has 0 atom stereocenters. The van der Waals surface area contributed by atoms with Gasteiger partial charge in [-0.2, -0.15) is 0 Å². The van der Waals surface area contributed by atoms with Crippen molar-refractivity contribution in [3.8, 4) is 5.75 Å². The van der Waals surface area contributed by atoms with Gasteiger partial charge in [-0.05, 0) is 84.7 Å². The molecule has 0 aromatic heterocycles. The largest absolute Gasteiger partial charge is 0.494 e. The third kappa shape index (κ3) is 5.59. The minimum Gasteiger partial charge on any atom is -0.494 e. The van der Waals surface area contributed by atoms with Crippen molar-refractivity contribution < 1.29 is 4.74 Å². The van der Waals surface area contributed by atoms with Crippen LogP contribution in [0.4, 0.5) is 0 Å². The predicted molar refractivity (Wildman–Crippen MR) is 129 cm³/mol. The van der Waals surface area contributed by atoms with E-state index in [4.69, 9.17) is 4.74 Å². The first kappa shape index (κ1) is 21.7. The van der Waals surface area contributed by atoms with E-state index in [0.717, 1.165) is 36.0 Å². The van der Waals surface area contributed by atoms with Gasteiger partial charge >= 0.3 is 0 Å². The van der Waals surface area contributed by atoms with E-state index in [9.17, 15) is 0 Å². The van der Waals surface area contributed by atoms with Crippen LogP contribution in [0.1, 0.15) is 102 Å². The molecule has 0 aliphatic heterocycles. The first-order valence-corrected chi connectivity index (χ1v) is 12.9. The molecular weight excluding hydrogens is 364 g/mol. The minimum atomic E-state index is 0.729. The van der Waals surface area contributed by atoms with Gasteiger partial charge in [-0.3, -0.25) is 0 Å². The summed E-state index contributed by atoms with van der Waals surface area (Å²) < 4.78 is 5.66. The summed E-state index contributed by atoms with van der Waals surface area (Å²) >= 11 is 0. The summed E-state index contributed by atoms with van der Waals surface area (Å²) in [5.41, 5.74) is 1.55. The lowest BCUT2D eigenvalue weighted by atomic mass is 9.74. The van der Waals surface area contributed by atoms with Crippen molar-refractivity contribution in [2.75, 3.05) is 6.61 Å². The number of fused-ring (bicyclic) bond motifs is 1. The van der Waals surface area contributed by atoms with E-state index < -0.39 is 0 Å². The van der Waals surface area contributed by atoms with Crippen LogP contribution in [0.5, 0.6) is 5.75 Å². The van der Waals surface area contributed by atoms with E-state index in [-0.39, 0.29) is 0 Å². The first-order chi connectivity index (χ1) is 14.7. The van der Waals surface area contributed by atoms with Gasteiger partial charge in [-0.1, -0.05) is 82.6 Å². The molecule has 0 saturated heterocycles. The Morgan fingerprint density at radius 1 is 0.667 bits per heavy atom. The van der Waals surface area contributed by atoms with Gasteiger partial charge in [0.25, 0.3) is 0 Å². The third-order valence-corrected chi connectivity index (χ3v) is 8.11. The average molecular weight is 407 g/mol. The van der Waals surface area contributed by atoms with Crippen LogP contribution in [0.2, 0.25) is 0 Å². The van der Waals surface area contributed by atoms with E-state index in [0.29, 0.717) is 0 Å². The Bertz CT molecular complexity index is 778. The molecule has 2 fully saturated rings. The summed E-state index contributed by atoms with van der Waals surface area (Å²) in [6, 6.07) is 13.6. The maximum atomic E-state index is 5.66. The Morgan fingerprint density at radius 3 is 1.87 bits per heavy atom. The topological polar surface area (TPSA) is 9.23 Å². The number of ether oxygens (including phenoxy) is 1. The highest BCUT2D eigenvalue weighted by Gasteiger charge is 2.25. The molecule has 4 rings (SSSR count). The zero-order valence-corrected chi connectivity index (χ0v) is 19.4. The fraction of sp³-hybridized carbons (Fsp3) is 0.655. The van der Waals surface area contributed by atoms with Crippen molar-refractivity contribution in [3.63, 3.8) is 0 Å². The number of rotatable bonds is 8. The average Bonchev–Trinajstić information content (AvgIpc) is 2.79.